The Morgan fingerprint density at radius 2 is 1.91 bits per heavy atom. The molecule has 0 bridgehead atoms. The minimum absolute atomic E-state index is 0.142. The second-order valence-corrected chi connectivity index (χ2v) is 11.1. The monoisotopic (exact) mass is 477 g/mol. The highest BCUT2D eigenvalue weighted by Gasteiger charge is 2.34. The van der Waals surface area contributed by atoms with E-state index in [0.717, 1.165) is 46.8 Å². The number of rotatable bonds is 8. The molecule has 2 atom stereocenters. The van der Waals surface area contributed by atoms with E-state index in [1.165, 1.54) is 13.5 Å². The topological polar surface area (TPSA) is 65.4 Å². The number of benzene rings is 2. The number of aryl methyl sites for hydroxylation is 1. The van der Waals surface area contributed by atoms with Crippen LogP contribution in [0.15, 0.2) is 42.5 Å². The van der Waals surface area contributed by atoms with Crippen LogP contribution in [0.4, 0.5) is 11.6 Å². The van der Waals surface area contributed by atoms with Crippen molar-refractivity contribution in [2.24, 2.45) is 11.3 Å². The van der Waals surface area contributed by atoms with Crippen LogP contribution in [0.3, 0.4) is 0 Å². The zero-order valence-electron chi connectivity index (χ0n) is 21.9. The van der Waals surface area contributed by atoms with Crippen LogP contribution in [-0.2, 0) is 16.0 Å². The number of nitrogens with zero attached hydrogens (tertiary/aromatic N) is 2. The fraction of sp³-hybridized carbons (Fsp3) is 0.517. The summed E-state index contributed by atoms with van der Waals surface area (Å²) in [5.74, 6) is 2.18. The zero-order chi connectivity index (χ0) is 25.2. The molecule has 1 aliphatic carbocycles. The molecule has 0 amide bonds. The summed E-state index contributed by atoms with van der Waals surface area (Å²) in [6, 6.07) is 14.8. The number of carbonyl (C=O) groups excluding carboxylic acids is 1. The molecule has 35 heavy (non-hydrogen) atoms. The highest BCUT2D eigenvalue weighted by Crippen LogP contribution is 2.46. The fourth-order valence-electron chi connectivity index (χ4n) is 5.62. The summed E-state index contributed by atoms with van der Waals surface area (Å²) in [7, 11) is 1.43. The van der Waals surface area contributed by atoms with E-state index < -0.39 is 0 Å². The number of fused-ring (bicyclic) bond motifs is 1. The number of ether oxygens (including phenoxy) is 2. The molecule has 1 aliphatic rings. The number of carbonyl (C=O) groups is 1. The number of methoxy groups -OCH3 is 1. The molecule has 0 saturated heterocycles. The van der Waals surface area contributed by atoms with E-state index >= 15 is 0 Å². The lowest BCUT2D eigenvalue weighted by Gasteiger charge is -2.40. The highest BCUT2D eigenvalue weighted by molar-refractivity contribution is 5.81. The standard InChI is InChI=1S/C29H39N3O3/c1-19(2)35-24-11-9-22(10-12-24)30-28-31-25-16-21(8-14-27(33)34-6)7-13-26(25)32(28)23-15-20(3)17-29(4,5)18-23/h7,9-13,16,19-20,23H,8,14-15,17-18H2,1-6H3,(H,30,31)/t20-,23+/m0/s1. The number of aromatic nitrogens is 2. The van der Waals surface area contributed by atoms with Crippen molar-refractivity contribution in [1.82, 2.24) is 9.55 Å². The minimum Gasteiger partial charge on any atom is -0.491 e. The summed E-state index contributed by atoms with van der Waals surface area (Å²) in [6.07, 6.45) is 4.64. The van der Waals surface area contributed by atoms with Gasteiger partial charge in [-0.25, -0.2) is 4.98 Å². The largest absolute Gasteiger partial charge is 0.491 e. The highest BCUT2D eigenvalue weighted by atomic mass is 16.5. The van der Waals surface area contributed by atoms with Gasteiger partial charge in [0.05, 0.1) is 24.2 Å². The summed E-state index contributed by atoms with van der Waals surface area (Å²) in [4.78, 5) is 16.7. The molecule has 2 aromatic carbocycles. The van der Waals surface area contributed by atoms with Crippen molar-refractivity contribution in [1.29, 1.82) is 0 Å². The van der Waals surface area contributed by atoms with Gasteiger partial charge in [-0.3, -0.25) is 4.79 Å². The molecule has 0 spiro atoms. The van der Waals surface area contributed by atoms with E-state index in [1.807, 2.05) is 38.1 Å². The molecule has 0 aliphatic heterocycles. The SMILES string of the molecule is COC(=O)CCc1ccc2c(c1)nc(Nc1ccc(OC(C)C)cc1)n2[C@@H]1C[C@H](C)CC(C)(C)C1. The van der Waals surface area contributed by atoms with Gasteiger partial charge in [-0.1, -0.05) is 26.8 Å². The van der Waals surface area contributed by atoms with Crippen molar-refractivity contribution in [3.05, 3.63) is 48.0 Å². The number of esters is 1. The van der Waals surface area contributed by atoms with Crippen molar-refractivity contribution < 1.29 is 14.3 Å². The smallest absolute Gasteiger partial charge is 0.305 e. The minimum atomic E-state index is -0.193. The molecule has 3 aromatic rings. The first kappa shape index (κ1) is 25.1. The molecule has 0 radical (unpaired) electrons. The third-order valence-electron chi connectivity index (χ3n) is 6.81. The normalized spacial score (nSPS) is 19.6. The first-order chi connectivity index (χ1) is 16.6. The number of nitrogens with one attached hydrogen (secondary N) is 1. The molecule has 6 nitrogen and oxygen atoms in total. The summed E-state index contributed by atoms with van der Waals surface area (Å²) in [6.45, 7) is 11.2. The Labute approximate surface area is 209 Å². The van der Waals surface area contributed by atoms with Crippen molar-refractivity contribution in [3.8, 4) is 5.75 Å². The van der Waals surface area contributed by atoms with Gasteiger partial charge in [0.25, 0.3) is 0 Å². The van der Waals surface area contributed by atoms with E-state index in [0.29, 0.717) is 24.8 Å². The molecule has 0 unspecified atom stereocenters. The van der Waals surface area contributed by atoms with E-state index in [4.69, 9.17) is 14.5 Å². The summed E-state index contributed by atoms with van der Waals surface area (Å²) < 4.78 is 13.0. The molecule has 188 valence electrons. The lowest BCUT2D eigenvalue weighted by Crippen LogP contribution is -2.29. The Kier molecular flexibility index (Phi) is 7.39. The van der Waals surface area contributed by atoms with Crippen LogP contribution in [0.1, 0.15) is 71.9 Å². The molecule has 1 aromatic heterocycles. The second kappa shape index (κ2) is 10.3. The van der Waals surface area contributed by atoms with Gasteiger partial charge in [0.15, 0.2) is 0 Å². The van der Waals surface area contributed by atoms with Gasteiger partial charge in [-0.05, 0) is 92.8 Å². The predicted octanol–water partition coefficient (Wildman–Crippen LogP) is 7.06. The summed E-state index contributed by atoms with van der Waals surface area (Å²) >= 11 is 0. The van der Waals surface area contributed by atoms with Gasteiger partial charge in [0.2, 0.25) is 5.95 Å². The summed E-state index contributed by atoms with van der Waals surface area (Å²) in [5.41, 5.74) is 4.43. The van der Waals surface area contributed by atoms with E-state index in [9.17, 15) is 4.79 Å². The van der Waals surface area contributed by atoms with Crippen molar-refractivity contribution in [2.75, 3.05) is 12.4 Å². The third-order valence-corrected chi connectivity index (χ3v) is 6.81. The maximum atomic E-state index is 11.6. The van der Waals surface area contributed by atoms with Gasteiger partial charge in [-0.15, -0.1) is 0 Å². The van der Waals surface area contributed by atoms with Gasteiger partial charge < -0.3 is 19.4 Å². The Balaban J connectivity index is 1.69. The number of imidazole rings is 1. The van der Waals surface area contributed by atoms with Gasteiger partial charge in [-0.2, -0.15) is 0 Å². The Hall–Kier alpha value is -3.02. The molecule has 1 fully saturated rings. The summed E-state index contributed by atoms with van der Waals surface area (Å²) in [5, 5.41) is 3.58. The third kappa shape index (κ3) is 6.16. The average Bonchev–Trinajstić information content (AvgIpc) is 3.14. The van der Waals surface area contributed by atoms with Gasteiger partial charge in [0, 0.05) is 18.2 Å². The van der Waals surface area contributed by atoms with Crippen molar-refractivity contribution in [3.63, 3.8) is 0 Å². The number of hydrogen-bond acceptors (Lipinski definition) is 5. The van der Waals surface area contributed by atoms with Gasteiger partial charge in [0.1, 0.15) is 5.75 Å². The quantitative estimate of drug-likeness (QED) is 0.352. The Morgan fingerprint density at radius 1 is 1.17 bits per heavy atom. The first-order valence-corrected chi connectivity index (χ1v) is 12.7. The van der Waals surface area contributed by atoms with E-state index in [2.05, 4.69) is 48.9 Å². The molecular weight excluding hydrogens is 438 g/mol. The lowest BCUT2D eigenvalue weighted by molar-refractivity contribution is -0.140. The van der Waals surface area contributed by atoms with Crippen LogP contribution < -0.4 is 10.1 Å². The molecule has 1 N–H and O–H groups in total. The molecule has 1 heterocycles. The van der Waals surface area contributed by atoms with Crippen LogP contribution in [-0.4, -0.2) is 28.7 Å². The van der Waals surface area contributed by atoms with Crippen molar-refractivity contribution >= 4 is 28.6 Å². The fourth-order valence-corrected chi connectivity index (χ4v) is 5.62. The lowest BCUT2D eigenvalue weighted by atomic mass is 9.70. The number of anilines is 2. The van der Waals surface area contributed by atoms with Crippen LogP contribution >= 0.6 is 0 Å². The molecule has 4 rings (SSSR count). The maximum absolute atomic E-state index is 11.6. The van der Waals surface area contributed by atoms with Crippen molar-refractivity contribution in [2.45, 2.75) is 78.9 Å². The van der Waals surface area contributed by atoms with Crippen LogP contribution in [0.5, 0.6) is 5.75 Å². The van der Waals surface area contributed by atoms with E-state index in [1.54, 1.807) is 0 Å². The molecule has 6 heteroatoms. The van der Waals surface area contributed by atoms with Crippen LogP contribution in [0.2, 0.25) is 0 Å². The zero-order valence-corrected chi connectivity index (χ0v) is 21.9. The Morgan fingerprint density at radius 3 is 2.57 bits per heavy atom. The number of hydrogen-bond donors (Lipinski definition) is 1. The van der Waals surface area contributed by atoms with Crippen LogP contribution in [0, 0.1) is 11.3 Å². The second-order valence-electron chi connectivity index (χ2n) is 11.1. The molecular formula is C29H39N3O3. The van der Waals surface area contributed by atoms with E-state index in [-0.39, 0.29) is 17.5 Å². The molecule has 1 saturated carbocycles. The maximum Gasteiger partial charge on any atom is 0.305 e. The van der Waals surface area contributed by atoms with Gasteiger partial charge >= 0.3 is 5.97 Å². The Bertz CT molecular complexity index is 1160. The average molecular weight is 478 g/mol. The predicted molar refractivity (Wildman–Crippen MR) is 141 cm³/mol. The first-order valence-electron chi connectivity index (χ1n) is 12.7. The van der Waals surface area contributed by atoms with Crippen LogP contribution in [0.25, 0.3) is 11.0 Å².